The van der Waals surface area contributed by atoms with E-state index in [0.717, 1.165) is 0 Å². The fraction of sp³-hybridized carbons (Fsp3) is 0.0833. The minimum absolute atomic E-state index is 0.290. The smallest absolute Gasteiger partial charge is 0.150 e. The molecule has 0 aliphatic rings. The lowest BCUT2D eigenvalue weighted by atomic mass is 10.3. The van der Waals surface area contributed by atoms with Crippen molar-refractivity contribution in [1.82, 2.24) is 4.98 Å². The summed E-state index contributed by atoms with van der Waals surface area (Å²) in [6.45, 7) is 0.290. The maximum Gasteiger partial charge on any atom is 0.150 e. The molecule has 0 fully saturated rings. The predicted molar refractivity (Wildman–Crippen MR) is 66.3 cm³/mol. The van der Waals surface area contributed by atoms with E-state index in [-0.39, 0.29) is 5.82 Å². The molecule has 5 heteroatoms. The molecule has 2 N–H and O–H groups in total. The Morgan fingerprint density at radius 1 is 1.35 bits per heavy atom. The van der Waals surface area contributed by atoms with Crippen molar-refractivity contribution in [3.8, 4) is 11.5 Å². The molecule has 0 radical (unpaired) electrons. The summed E-state index contributed by atoms with van der Waals surface area (Å²) < 4.78 is 19.0. The van der Waals surface area contributed by atoms with E-state index in [0.29, 0.717) is 28.2 Å². The molecule has 2 rings (SSSR count). The van der Waals surface area contributed by atoms with Crippen molar-refractivity contribution in [3.63, 3.8) is 0 Å². The first-order valence-corrected chi connectivity index (χ1v) is 5.77. The lowest BCUT2D eigenvalue weighted by Crippen LogP contribution is -2.01. The van der Waals surface area contributed by atoms with Crippen LogP contribution in [0.25, 0.3) is 0 Å². The van der Waals surface area contributed by atoms with E-state index in [1.165, 1.54) is 6.07 Å². The summed E-state index contributed by atoms with van der Waals surface area (Å²) in [6.07, 6.45) is 1.65. The highest BCUT2D eigenvalue weighted by atomic mass is 79.9. The second kappa shape index (κ2) is 5.25. The summed E-state index contributed by atoms with van der Waals surface area (Å²) in [7, 11) is 0. The van der Waals surface area contributed by atoms with Crippen LogP contribution in [0.5, 0.6) is 11.5 Å². The van der Waals surface area contributed by atoms with Gasteiger partial charge in [0.25, 0.3) is 0 Å². The molecule has 0 aliphatic heterocycles. The van der Waals surface area contributed by atoms with Gasteiger partial charge in [0.1, 0.15) is 17.3 Å². The molecular weight excluding hydrogens is 287 g/mol. The van der Waals surface area contributed by atoms with Gasteiger partial charge in [-0.05, 0) is 46.3 Å². The van der Waals surface area contributed by atoms with Gasteiger partial charge in [-0.1, -0.05) is 0 Å². The topological polar surface area (TPSA) is 48.1 Å². The Balaban J connectivity index is 2.28. The van der Waals surface area contributed by atoms with E-state index in [9.17, 15) is 4.39 Å². The van der Waals surface area contributed by atoms with Crippen molar-refractivity contribution < 1.29 is 9.13 Å². The van der Waals surface area contributed by atoms with Gasteiger partial charge in [0.2, 0.25) is 0 Å². The first-order chi connectivity index (χ1) is 8.20. The highest BCUT2D eigenvalue weighted by Crippen LogP contribution is 2.27. The average Bonchev–Trinajstić information content (AvgIpc) is 2.34. The molecule has 1 heterocycles. The highest BCUT2D eigenvalue weighted by molar-refractivity contribution is 9.10. The molecule has 2 aromatic rings. The molecule has 0 bridgehead atoms. The first kappa shape index (κ1) is 12.0. The van der Waals surface area contributed by atoms with Crippen LogP contribution in [0.2, 0.25) is 0 Å². The zero-order chi connectivity index (χ0) is 12.3. The zero-order valence-electron chi connectivity index (χ0n) is 8.86. The Bertz CT molecular complexity index is 534. The van der Waals surface area contributed by atoms with Crippen molar-refractivity contribution in [2.24, 2.45) is 5.73 Å². The fourth-order valence-electron chi connectivity index (χ4n) is 1.34. The van der Waals surface area contributed by atoms with Crippen molar-refractivity contribution in [2.75, 3.05) is 0 Å². The Morgan fingerprint density at radius 2 is 2.18 bits per heavy atom. The SMILES string of the molecule is NCc1ncccc1Oc1ccc(F)c(Br)c1. The predicted octanol–water partition coefficient (Wildman–Crippen LogP) is 3.23. The molecule has 0 unspecified atom stereocenters. The quantitative estimate of drug-likeness (QED) is 0.946. The number of halogens is 2. The molecule has 0 atom stereocenters. The van der Waals surface area contributed by atoms with Gasteiger partial charge in [0.15, 0.2) is 0 Å². The number of rotatable bonds is 3. The number of hydrogen-bond donors (Lipinski definition) is 1. The van der Waals surface area contributed by atoms with E-state index in [1.54, 1.807) is 30.5 Å². The third kappa shape index (κ3) is 2.81. The van der Waals surface area contributed by atoms with Crippen LogP contribution in [-0.2, 0) is 6.54 Å². The van der Waals surface area contributed by atoms with Crippen LogP contribution in [0.1, 0.15) is 5.69 Å². The Kier molecular flexibility index (Phi) is 3.71. The molecule has 1 aromatic heterocycles. The van der Waals surface area contributed by atoms with Crippen LogP contribution >= 0.6 is 15.9 Å². The summed E-state index contributed by atoms with van der Waals surface area (Å²) >= 11 is 3.10. The molecular formula is C12H10BrFN2O. The second-order valence-corrected chi connectivity index (χ2v) is 4.18. The molecule has 0 saturated heterocycles. The van der Waals surface area contributed by atoms with Crippen molar-refractivity contribution >= 4 is 15.9 Å². The zero-order valence-corrected chi connectivity index (χ0v) is 10.4. The number of nitrogens with two attached hydrogens (primary N) is 1. The van der Waals surface area contributed by atoms with Crippen LogP contribution < -0.4 is 10.5 Å². The van der Waals surface area contributed by atoms with Gasteiger partial charge < -0.3 is 10.5 Å². The summed E-state index contributed by atoms with van der Waals surface area (Å²) in [4.78, 5) is 4.10. The summed E-state index contributed by atoms with van der Waals surface area (Å²) in [5.74, 6) is 0.775. The van der Waals surface area contributed by atoms with E-state index >= 15 is 0 Å². The van der Waals surface area contributed by atoms with Crippen LogP contribution in [0, 0.1) is 5.82 Å². The van der Waals surface area contributed by atoms with E-state index in [4.69, 9.17) is 10.5 Å². The number of benzene rings is 1. The van der Waals surface area contributed by atoms with Gasteiger partial charge in [0.05, 0.1) is 10.2 Å². The molecule has 0 aliphatic carbocycles. The number of aromatic nitrogens is 1. The molecule has 3 nitrogen and oxygen atoms in total. The molecule has 0 saturated carbocycles. The van der Waals surface area contributed by atoms with Crippen molar-refractivity contribution in [1.29, 1.82) is 0 Å². The normalized spacial score (nSPS) is 10.3. The summed E-state index contributed by atoms with van der Waals surface area (Å²) in [5, 5.41) is 0. The lowest BCUT2D eigenvalue weighted by Gasteiger charge is -2.09. The third-order valence-electron chi connectivity index (χ3n) is 2.16. The number of hydrogen-bond acceptors (Lipinski definition) is 3. The Hall–Kier alpha value is -1.46. The first-order valence-electron chi connectivity index (χ1n) is 4.97. The van der Waals surface area contributed by atoms with Crippen LogP contribution in [-0.4, -0.2) is 4.98 Å². The van der Waals surface area contributed by atoms with E-state index in [1.807, 2.05) is 0 Å². The van der Waals surface area contributed by atoms with E-state index in [2.05, 4.69) is 20.9 Å². The molecule has 0 spiro atoms. The molecule has 17 heavy (non-hydrogen) atoms. The van der Waals surface area contributed by atoms with Crippen LogP contribution in [0.3, 0.4) is 0 Å². The number of ether oxygens (including phenoxy) is 1. The third-order valence-corrected chi connectivity index (χ3v) is 2.77. The minimum Gasteiger partial charge on any atom is -0.455 e. The highest BCUT2D eigenvalue weighted by Gasteiger charge is 2.06. The van der Waals surface area contributed by atoms with Crippen LogP contribution in [0.15, 0.2) is 41.0 Å². The van der Waals surface area contributed by atoms with Crippen molar-refractivity contribution in [2.45, 2.75) is 6.54 Å². The fourth-order valence-corrected chi connectivity index (χ4v) is 1.69. The Morgan fingerprint density at radius 3 is 2.88 bits per heavy atom. The van der Waals surface area contributed by atoms with Gasteiger partial charge in [-0.25, -0.2) is 4.39 Å². The molecule has 1 aromatic carbocycles. The maximum absolute atomic E-state index is 13.0. The lowest BCUT2D eigenvalue weighted by molar-refractivity contribution is 0.470. The molecule has 0 amide bonds. The largest absolute Gasteiger partial charge is 0.455 e. The number of pyridine rings is 1. The van der Waals surface area contributed by atoms with Crippen LogP contribution in [0.4, 0.5) is 4.39 Å². The second-order valence-electron chi connectivity index (χ2n) is 3.33. The standard InChI is InChI=1S/C12H10BrFN2O/c13-9-6-8(3-4-10(9)14)17-12-2-1-5-16-11(12)7-15/h1-6H,7,15H2. The van der Waals surface area contributed by atoms with Crippen molar-refractivity contribution in [3.05, 3.63) is 52.5 Å². The summed E-state index contributed by atoms with van der Waals surface area (Å²) in [6, 6.07) is 7.97. The minimum atomic E-state index is -0.331. The van der Waals surface area contributed by atoms with E-state index < -0.39 is 0 Å². The summed E-state index contributed by atoms with van der Waals surface area (Å²) in [5.41, 5.74) is 6.21. The maximum atomic E-state index is 13.0. The van der Waals surface area contributed by atoms with Gasteiger partial charge in [-0.15, -0.1) is 0 Å². The van der Waals surface area contributed by atoms with Gasteiger partial charge in [-0.3, -0.25) is 4.98 Å². The van der Waals surface area contributed by atoms with Gasteiger partial charge in [0, 0.05) is 12.7 Å². The molecule has 88 valence electrons. The van der Waals surface area contributed by atoms with Gasteiger partial charge >= 0.3 is 0 Å². The van der Waals surface area contributed by atoms with Gasteiger partial charge in [-0.2, -0.15) is 0 Å². The average molecular weight is 297 g/mol. The Labute approximate surface area is 107 Å². The number of nitrogens with zero attached hydrogens (tertiary/aromatic N) is 1. The monoisotopic (exact) mass is 296 g/mol.